The summed E-state index contributed by atoms with van der Waals surface area (Å²) in [7, 11) is 3.38. The molecular weight excluding hydrogens is 276 g/mol. The Morgan fingerprint density at radius 3 is 2.23 bits per heavy atom. The van der Waals surface area contributed by atoms with Gasteiger partial charge in [-0.05, 0) is 30.2 Å². The molecule has 0 fully saturated rings. The maximum atomic E-state index is 10.5. The van der Waals surface area contributed by atoms with Crippen LogP contribution in [-0.4, -0.2) is 19.3 Å². The molecule has 116 valence electrons. The predicted octanol–water partition coefficient (Wildman–Crippen LogP) is 3.95. The summed E-state index contributed by atoms with van der Waals surface area (Å²) in [5, 5.41) is 10.5. The number of rotatable bonds is 2. The molecule has 0 spiro atoms. The second kappa shape index (κ2) is 4.94. The van der Waals surface area contributed by atoms with Crippen LogP contribution in [-0.2, 0) is 11.8 Å². The van der Waals surface area contributed by atoms with Gasteiger partial charge in [-0.15, -0.1) is 0 Å². The SMILES string of the molecule is COc1ccc(OC)c2c1Cc1c(ccc(C)c1O)C2(C)C. The van der Waals surface area contributed by atoms with Crippen molar-refractivity contribution in [3.8, 4) is 17.2 Å². The molecule has 0 amide bonds. The quantitative estimate of drug-likeness (QED) is 0.912. The van der Waals surface area contributed by atoms with Gasteiger partial charge in [0.1, 0.15) is 17.2 Å². The van der Waals surface area contributed by atoms with Crippen molar-refractivity contribution in [2.45, 2.75) is 32.6 Å². The van der Waals surface area contributed by atoms with Crippen LogP contribution in [0.5, 0.6) is 17.2 Å². The van der Waals surface area contributed by atoms with Crippen molar-refractivity contribution >= 4 is 0 Å². The fourth-order valence-electron chi connectivity index (χ4n) is 3.66. The lowest BCUT2D eigenvalue weighted by Gasteiger charge is -2.37. The summed E-state index contributed by atoms with van der Waals surface area (Å²) in [5.41, 5.74) is 5.03. The summed E-state index contributed by atoms with van der Waals surface area (Å²) in [6, 6.07) is 7.99. The van der Waals surface area contributed by atoms with Gasteiger partial charge in [0.2, 0.25) is 0 Å². The predicted molar refractivity (Wildman–Crippen MR) is 87.3 cm³/mol. The van der Waals surface area contributed by atoms with Crippen LogP contribution in [0.15, 0.2) is 24.3 Å². The zero-order chi connectivity index (χ0) is 16.1. The third kappa shape index (κ3) is 1.88. The van der Waals surface area contributed by atoms with Crippen LogP contribution in [0.25, 0.3) is 0 Å². The van der Waals surface area contributed by atoms with Crippen LogP contribution in [0.4, 0.5) is 0 Å². The van der Waals surface area contributed by atoms with E-state index in [9.17, 15) is 5.11 Å². The van der Waals surface area contributed by atoms with E-state index in [4.69, 9.17) is 9.47 Å². The lowest BCUT2D eigenvalue weighted by atomic mass is 9.68. The van der Waals surface area contributed by atoms with Crippen molar-refractivity contribution in [1.82, 2.24) is 0 Å². The first-order valence-corrected chi connectivity index (χ1v) is 7.48. The van der Waals surface area contributed by atoms with Gasteiger partial charge in [0.25, 0.3) is 0 Å². The van der Waals surface area contributed by atoms with Gasteiger partial charge < -0.3 is 14.6 Å². The Kier molecular flexibility index (Phi) is 3.32. The average molecular weight is 298 g/mol. The van der Waals surface area contributed by atoms with E-state index >= 15 is 0 Å². The fourth-order valence-corrected chi connectivity index (χ4v) is 3.66. The summed E-state index contributed by atoms with van der Waals surface area (Å²) in [6.45, 7) is 6.27. The molecule has 3 heteroatoms. The smallest absolute Gasteiger partial charge is 0.123 e. The molecule has 0 bridgehead atoms. The highest BCUT2D eigenvalue weighted by Gasteiger charge is 2.38. The van der Waals surface area contributed by atoms with E-state index in [1.54, 1.807) is 14.2 Å². The second-order valence-electron chi connectivity index (χ2n) is 6.38. The first-order valence-electron chi connectivity index (χ1n) is 7.48. The van der Waals surface area contributed by atoms with Crippen LogP contribution in [0.3, 0.4) is 0 Å². The molecular formula is C19H22O3. The highest BCUT2D eigenvalue weighted by molar-refractivity contribution is 5.64. The van der Waals surface area contributed by atoms with Gasteiger partial charge in [0.15, 0.2) is 0 Å². The summed E-state index contributed by atoms with van der Waals surface area (Å²) in [4.78, 5) is 0. The molecule has 1 aliphatic rings. The van der Waals surface area contributed by atoms with E-state index in [0.29, 0.717) is 12.2 Å². The number of aromatic hydroxyl groups is 1. The van der Waals surface area contributed by atoms with Gasteiger partial charge in [-0.1, -0.05) is 26.0 Å². The Hall–Kier alpha value is -2.16. The Morgan fingerprint density at radius 2 is 1.59 bits per heavy atom. The summed E-state index contributed by atoms with van der Waals surface area (Å²) >= 11 is 0. The molecule has 0 heterocycles. The highest BCUT2D eigenvalue weighted by Crippen LogP contribution is 2.50. The number of phenolic OH excluding ortho intramolecular Hbond substituents is 1. The van der Waals surface area contributed by atoms with E-state index in [2.05, 4.69) is 19.9 Å². The Morgan fingerprint density at radius 1 is 0.955 bits per heavy atom. The molecule has 1 N–H and O–H groups in total. The minimum Gasteiger partial charge on any atom is -0.507 e. The zero-order valence-corrected chi connectivity index (χ0v) is 13.8. The van der Waals surface area contributed by atoms with Crippen molar-refractivity contribution in [2.75, 3.05) is 14.2 Å². The van der Waals surface area contributed by atoms with Crippen molar-refractivity contribution in [2.24, 2.45) is 0 Å². The van der Waals surface area contributed by atoms with Crippen LogP contribution >= 0.6 is 0 Å². The lowest BCUT2D eigenvalue weighted by molar-refractivity contribution is 0.382. The third-order valence-corrected chi connectivity index (χ3v) is 4.81. The molecule has 2 aromatic carbocycles. The standard InChI is InChI=1S/C19H22O3/c1-11-6-7-14-12(18(11)20)10-13-15(21-4)8-9-16(22-5)17(13)19(14,2)3/h6-9,20H,10H2,1-5H3. The number of benzene rings is 2. The maximum absolute atomic E-state index is 10.5. The lowest BCUT2D eigenvalue weighted by Crippen LogP contribution is -2.28. The van der Waals surface area contributed by atoms with Gasteiger partial charge >= 0.3 is 0 Å². The van der Waals surface area contributed by atoms with Crippen LogP contribution in [0, 0.1) is 6.92 Å². The van der Waals surface area contributed by atoms with Gasteiger partial charge in [0.05, 0.1) is 14.2 Å². The summed E-state index contributed by atoms with van der Waals surface area (Å²) < 4.78 is 11.2. The van der Waals surface area contributed by atoms with Crippen LogP contribution < -0.4 is 9.47 Å². The molecule has 0 aromatic heterocycles. The second-order valence-corrected chi connectivity index (χ2v) is 6.38. The molecule has 22 heavy (non-hydrogen) atoms. The Labute approximate surface area is 131 Å². The molecule has 3 nitrogen and oxygen atoms in total. The molecule has 0 saturated heterocycles. The van der Waals surface area contributed by atoms with Gasteiger partial charge in [-0.3, -0.25) is 0 Å². The van der Waals surface area contributed by atoms with E-state index in [0.717, 1.165) is 39.3 Å². The fraction of sp³-hybridized carbons (Fsp3) is 0.368. The first kappa shape index (κ1) is 14.8. The van der Waals surface area contributed by atoms with Crippen LogP contribution in [0.1, 0.15) is 41.7 Å². The van der Waals surface area contributed by atoms with E-state index in [1.807, 2.05) is 25.1 Å². The summed E-state index contributed by atoms with van der Waals surface area (Å²) in [5.74, 6) is 2.10. The van der Waals surface area contributed by atoms with Gasteiger partial charge in [0, 0.05) is 28.5 Å². The number of fused-ring (bicyclic) bond motifs is 2. The normalized spacial score (nSPS) is 15.0. The molecule has 0 radical (unpaired) electrons. The number of aryl methyl sites for hydroxylation is 1. The van der Waals surface area contributed by atoms with Crippen molar-refractivity contribution in [3.63, 3.8) is 0 Å². The molecule has 2 aromatic rings. The molecule has 0 aliphatic heterocycles. The largest absolute Gasteiger partial charge is 0.507 e. The van der Waals surface area contributed by atoms with Gasteiger partial charge in [-0.2, -0.15) is 0 Å². The van der Waals surface area contributed by atoms with E-state index in [-0.39, 0.29) is 5.41 Å². The molecule has 1 aliphatic carbocycles. The molecule has 0 unspecified atom stereocenters. The third-order valence-electron chi connectivity index (χ3n) is 4.81. The number of phenols is 1. The average Bonchev–Trinajstić information content (AvgIpc) is 2.50. The van der Waals surface area contributed by atoms with Crippen molar-refractivity contribution < 1.29 is 14.6 Å². The zero-order valence-electron chi connectivity index (χ0n) is 13.8. The first-order chi connectivity index (χ1) is 10.4. The van der Waals surface area contributed by atoms with Crippen molar-refractivity contribution in [3.05, 3.63) is 52.1 Å². The molecule has 3 rings (SSSR count). The van der Waals surface area contributed by atoms with E-state index in [1.165, 1.54) is 0 Å². The molecule has 0 atom stereocenters. The Balaban J connectivity index is 2.35. The van der Waals surface area contributed by atoms with Crippen molar-refractivity contribution in [1.29, 1.82) is 0 Å². The Bertz CT molecular complexity index is 745. The van der Waals surface area contributed by atoms with Gasteiger partial charge in [-0.25, -0.2) is 0 Å². The number of methoxy groups -OCH3 is 2. The topological polar surface area (TPSA) is 38.7 Å². The monoisotopic (exact) mass is 298 g/mol. The number of hydrogen-bond acceptors (Lipinski definition) is 3. The maximum Gasteiger partial charge on any atom is 0.123 e. The number of hydrogen-bond donors (Lipinski definition) is 1. The minimum absolute atomic E-state index is 0.256. The number of ether oxygens (including phenoxy) is 2. The van der Waals surface area contributed by atoms with E-state index < -0.39 is 0 Å². The molecule has 0 saturated carbocycles. The summed E-state index contributed by atoms with van der Waals surface area (Å²) in [6.07, 6.45) is 0.655. The minimum atomic E-state index is -0.256. The van der Waals surface area contributed by atoms with Crippen LogP contribution in [0.2, 0.25) is 0 Å². The highest BCUT2D eigenvalue weighted by atomic mass is 16.5.